The minimum absolute atomic E-state index is 0.286. The largest absolute Gasteiger partial charge is 0.488 e. The summed E-state index contributed by atoms with van der Waals surface area (Å²) in [5.74, 6) is 0. The average Bonchev–Trinajstić information content (AvgIpc) is 2.74. The van der Waals surface area contributed by atoms with Gasteiger partial charge >= 0.3 is 7.12 Å². The molecule has 0 aliphatic rings. The van der Waals surface area contributed by atoms with Crippen molar-refractivity contribution in [2.75, 3.05) is 0 Å². The minimum Gasteiger partial charge on any atom is -0.423 e. The maximum Gasteiger partial charge on any atom is 0.488 e. The van der Waals surface area contributed by atoms with Crippen LogP contribution in [0.4, 0.5) is 0 Å². The number of hydrogen-bond acceptors (Lipinski definition) is 4. The molecule has 1 heterocycles. The number of nitriles is 1. The van der Waals surface area contributed by atoms with Crippen LogP contribution in [0.5, 0.6) is 0 Å². The van der Waals surface area contributed by atoms with Crippen molar-refractivity contribution in [3.05, 3.63) is 41.7 Å². The molecule has 5 nitrogen and oxygen atoms in total. The van der Waals surface area contributed by atoms with Crippen molar-refractivity contribution in [2.45, 2.75) is 6.92 Å². The van der Waals surface area contributed by atoms with Crippen LogP contribution in [0.25, 0.3) is 5.69 Å². The summed E-state index contributed by atoms with van der Waals surface area (Å²) < 4.78 is 1.58. The maximum absolute atomic E-state index is 9.04. The monoisotopic (exact) mass is 227 g/mol. The first-order chi connectivity index (χ1) is 8.11. The fraction of sp³-hybridized carbons (Fsp3) is 0.0909. The van der Waals surface area contributed by atoms with Gasteiger partial charge in [0.25, 0.3) is 0 Å². The van der Waals surface area contributed by atoms with Gasteiger partial charge in [0.1, 0.15) is 6.07 Å². The van der Waals surface area contributed by atoms with Crippen molar-refractivity contribution in [3.8, 4) is 11.8 Å². The smallest absolute Gasteiger partial charge is 0.423 e. The predicted molar refractivity (Wildman–Crippen MR) is 62.8 cm³/mol. The first-order valence-electron chi connectivity index (χ1n) is 5.04. The Morgan fingerprint density at radius 1 is 1.35 bits per heavy atom. The Bertz CT molecular complexity index is 587. The molecule has 0 atom stereocenters. The third-order valence-electron chi connectivity index (χ3n) is 2.41. The molecule has 0 saturated heterocycles. The summed E-state index contributed by atoms with van der Waals surface area (Å²) in [6.07, 6.45) is 1.75. The van der Waals surface area contributed by atoms with Crippen LogP contribution < -0.4 is 5.46 Å². The number of nitrogens with zero attached hydrogens (tertiary/aromatic N) is 3. The van der Waals surface area contributed by atoms with E-state index in [4.69, 9.17) is 15.3 Å². The van der Waals surface area contributed by atoms with Crippen molar-refractivity contribution in [2.24, 2.45) is 0 Å². The van der Waals surface area contributed by atoms with E-state index in [1.165, 1.54) is 6.07 Å². The van der Waals surface area contributed by atoms with Gasteiger partial charge in [-0.3, -0.25) is 0 Å². The number of benzene rings is 1. The van der Waals surface area contributed by atoms with Gasteiger partial charge in [0.2, 0.25) is 0 Å². The molecule has 2 N–H and O–H groups in total. The van der Waals surface area contributed by atoms with Crippen LogP contribution >= 0.6 is 0 Å². The molecular weight excluding hydrogens is 217 g/mol. The van der Waals surface area contributed by atoms with E-state index in [1.807, 2.05) is 19.1 Å². The Kier molecular flexibility index (Phi) is 2.96. The SMILES string of the molecule is Cc1ccn(-c2ccc(B(O)O)cc2C#N)n1. The molecule has 17 heavy (non-hydrogen) atoms. The summed E-state index contributed by atoms with van der Waals surface area (Å²) in [5, 5.41) is 31.3. The van der Waals surface area contributed by atoms with Crippen LogP contribution in [-0.4, -0.2) is 26.9 Å². The van der Waals surface area contributed by atoms with Gasteiger partial charge in [-0.05, 0) is 30.6 Å². The first kappa shape index (κ1) is 11.4. The van der Waals surface area contributed by atoms with Gasteiger partial charge in [-0.1, -0.05) is 6.07 Å². The number of aromatic nitrogens is 2. The molecule has 0 bridgehead atoms. The summed E-state index contributed by atoms with van der Waals surface area (Å²) in [4.78, 5) is 0. The van der Waals surface area contributed by atoms with Crippen LogP contribution in [0.3, 0.4) is 0 Å². The van der Waals surface area contributed by atoms with E-state index in [1.54, 1.807) is 23.0 Å². The normalized spacial score (nSPS) is 10.0. The van der Waals surface area contributed by atoms with Crippen molar-refractivity contribution in [3.63, 3.8) is 0 Å². The van der Waals surface area contributed by atoms with E-state index in [2.05, 4.69) is 5.10 Å². The van der Waals surface area contributed by atoms with Gasteiger partial charge in [0.15, 0.2) is 0 Å². The molecule has 0 aliphatic heterocycles. The Morgan fingerprint density at radius 2 is 2.12 bits per heavy atom. The highest BCUT2D eigenvalue weighted by Gasteiger charge is 2.14. The molecule has 2 aromatic rings. The summed E-state index contributed by atoms with van der Waals surface area (Å²) in [5.41, 5.74) is 2.10. The highest BCUT2D eigenvalue weighted by molar-refractivity contribution is 6.58. The summed E-state index contributed by atoms with van der Waals surface area (Å²) in [6.45, 7) is 1.86. The third-order valence-corrected chi connectivity index (χ3v) is 2.41. The Balaban J connectivity index is 2.53. The van der Waals surface area contributed by atoms with Crippen molar-refractivity contribution in [1.29, 1.82) is 5.26 Å². The molecular formula is C11H10BN3O2. The van der Waals surface area contributed by atoms with Crippen LogP contribution in [-0.2, 0) is 0 Å². The van der Waals surface area contributed by atoms with E-state index in [9.17, 15) is 0 Å². The third kappa shape index (κ3) is 2.20. The topological polar surface area (TPSA) is 82.1 Å². The van der Waals surface area contributed by atoms with Gasteiger partial charge in [-0.2, -0.15) is 10.4 Å². The van der Waals surface area contributed by atoms with Gasteiger partial charge in [-0.15, -0.1) is 0 Å². The lowest BCUT2D eigenvalue weighted by molar-refractivity contribution is 0.426. The van der Waals surface area contributed by atoms with E-state index in [0.29, 0.717) is 11.3 Å². The molecule has 6 heteroatoms. The fourth-order valence-corrected chi connectivity index (χ4v) is 1.55. The van der Waals surface area contributed by atoms with Gasteiger partial charge < -0.3 is 10.0 Å². The predicted octanol–water partition coefficient (Wildman–Crippen LogP) is -0.268. The van der Waals surface area contributed by atoms with Crippen LogP contribution in [0.2, 0.25) is 0 Å². The lowest BCUT2D eigenvalue weighted by atomic mass is 9.79. The van der Waals surface area contributed by atoms with Crippen LogP contribution in [0.15, 0.2) is 30.5 Å². The molecule has 2 rings (SSSR count). The first-order valence-corrected chi connectivity index (χ1v) is 5.04. The Labute approximate surface area is 98.7 Å². The molecule has 84 valence electrons. The second kappa shape index (κ2) is 4.41. The maximum atomic E-state index is 9.04. The second-order valence-electron chi connectivity index (χ2n) is 3.66. The molecule has 0 unspecified atom stereocenters. The lowest BCUT2D eigenvalue weighted by Gasteiger charge is -2.06. The Hall–Kier alpha value is -2.10. The molecule has 0 amide bonds. The molecule has 0 spiro atoms. The number of hydrogen-bond donors (Lipinski definition) is 2. The van der Waals surface area contributed by atoms with E-state index in [0.717, 1.165) is 5.69 Å². The molecule has 0 fully saturated rings. The quantitative estimate of drug-likeness (QED) is 0.692. The molecule has 1 aromatic carbocycles. The Morgan fingerprint density at radius 3 is 2.65 bits per heavy atom. The van der Waals surface area contributed by atoms with Crippen molar-refractivity contribution in [1.82, 2.24) is 9.78 Å². The standard InChI is InChI=1S/C11H10BN3O2/c1-8-4-5-15(14-8)11-3-2-10(12(16)17)6-9(11)7-13/h2-6,16-17H,1H3. The summed E-state index contributed by atoms with van der Waals surface area (Å²) >= 11 is 0. The van der Waals surface area contributed by atoms with Crippen LogP contribution in [0, 0.1) is 18.3 Å². The lowest BCUT2D eigenvalue weighted by Crippen LogP contribution is -2.30. The number of rotatable bonds is 2. The highest BCUT2D eigenvalue weighted by atomic mass is 16.4. The van der Waals surface area contributed by atoms with Gasteiger partial charge in [0.05, 0.1) is 16.9 Å². The molecule has 0 aliphatic carbocycles. The zero-order chi connectivity index (χ0) is 12.4. The van der Waals surface area contributed by atoms with E-state index >= 15 is 0 Å². The second-order valence-corrected chi connectivity index (χ2v) is 3.66. The molecule has 0 radical (unpaired) electrons. The van der Waals surface area contributed by atoms with Crippen LogP contribution in [0.1, 0.15) is 11.3 Å². The summed E-state index contributed by atoms with van der Waals surface area (Å²) in [7, 11) is -1.57. The molecule has 1 aromatic heterocycles. The van der Waals surface area contributed by atoms with E-state index < -0.39 is 7.12 Å². The minimum atomic E-state index is -1.57. The zero-order valence-corrected chi connectivity index (χ0v) is 9.20. The fourth-order valence-electron chi connectivity index (χ4n) is 1.55. The molecule has 0 saturated carbocycles. The zero-order valence-electron chi connectivity index (χ0n) is 9.20. The van der Waals surface area contributed by atoms with Gasteiger partial charge in [-0.25, -0.2) is 4.68 Å². The van der Waals surface area contributed by atoms with E-state index in [-0.39, 0.29) is 5.46 Å². The van der Waals surface area contributed by atoms with Gasteiger partial charge in [0, 0.05) is 6.20 Å². The average molecular weight is 227 g/mol. The van der Waals surface area contributed by atoms with Crippen molar-refractivity contribution < 1.29 is 10.0 Å². The van der Waals surface area contributed by atoms with Crippen molar-refractivity contribution >= 4 is 12.6 Å². The number of aryl methyl sites for hydroxylation is 1. The summed E-state index contributed by atoms with van der Waals surface area (Å²) in [6, 6.07) is 8.48. The highest BCUT2D eigenvalue weighted by Crippen LogP contribution is 2.12.